The first-order valence-corrected chi connectivity index (χ1v) is 10.0. The summed E-state index contributed by atoms with van der Waals surface area (Å²) in [7, 11) is 1.74. The van der Waals surface area contributed by atoms with Gasteiger partial charge in [-0.2, -0.15) is 0 Å². The van der Waals surface area contributed by atoms with Crippen LogP contribution in [0.1, 0.15) is 40.0 Å². The van der Waals surface area contributed by atoms with Gasteiger partial charge in [0.2, 0.25) is 0 Å². The van der Waals surface area contributed by atoms with E-state index in [4.69, 9.17) is 0 Å². The van der Waals surface area contributed by atoms with E-state index in [2.05, 4.69) is 27.9 Å². The first-order chi connectivity index (χ1) is 10.4. The van der Waals surface area contributed by atoms with Gasteiger partial charge >= 0.3 is 5.97 Å². The van der Waals surface area contributed by atoms with Gasteiger partial charge in [0, 0.05) is 23.7 Å². The fourth-order valence-electron chi connectivity index (χ4n) is 2.51. The average Bonchev–Trinajstić information content (AvgIpc) is 2.48. The maximum Gasteiger partial charge on any atom is 0.337 e. The molecule has 1 aromatic rings. The van der Waals surface area contributed by atoms with E-state index in [-0.39, 0.29) is 11.5 Å². The number of benzene rings is 1. The van der Waals surface area contributed by atoms with Crippen LogP contribution in [0.4, 0.5) is 5.69 Å². The summed E-state index contributed by atoms with van der Waals surface area (Å²) in [5.41, 5.74) is 1.41. The lowest BCUT2D eigenvalue weighted by Gasteiger charge is -2.28. The number of nitrogens with one attached hydrogen (secondary N) is 1. The highest BCUT2D eigenvalue weighted by Crippen LogP contribution is 2.36. The van der Waals surface area contributed by atoms with E-state index in [0.29, 0.717) is 18.4 Å². The van der Waals surface area contributed by atoms with E-state index in [1.54, 1.807) is 7.05 Å². The number of hydrogen-bond donors (Lipinski definition) is 2. The van der Waals surface area contributed by atoms with Crippen LogP contribution in [0, 0.1) is 10.7 Å². The van der Waals surface area contributed by atoms with Gasteiger partial charge in [-0.25, -0.2) is 4.79 Å². The van der Waals surface area contributed by atoms with Gasteiger partial charge in [0.1, 0.15) is 0 Å². The van der Waals surface area contributed by atoms with Crippen molar-refractivity contribution in [2.24, 2.45) is 0 Å². The Morgan fingerprint density at radius 2 is 1.55 bits per heavy atom. The lowest BCUT2D eigenvalue weighted by atomic mass is 10.1. The number of carbonyl (C=O) groups is 2. The molecule has 2 rings (SSSR count). The quantitative estimate of drug-likeness (QED) is 0.493. The number of carboxylic acids is 1. The number of carboxylic acid groups (broad SMARTS) is 1. The summed E-state index contributed by atoms with van der Waals surface area (Å²) >= 11 is 6.14. The van der Waals surface area contributed by atoms with Crippen LogP contribution in [0.25, 0.3) is 0 Å². The molecule has 120 valence electrons. The van der Waals surface area contributed by atoms with Gasteiger partial charge < -0.3 is 15.3 Å². The van der Waals surface area contributed by atoms with Gasteiger partial charge in [-0.15, -0.1) is 0 Å². The molecule has 1 saturated heterocycles. The molecule has 0 unspecified atom stereocenters. The maximum atomic E-state index is 12.9. The van der Waals surface area contributed by atoms with Gasteiger partial charge in [-0.1, -0.05) is 0 Å². The van der Waals surface area contributed by atoms with Gasteiger partial charge in [-0.3, -0.25) is 4.79 Å². The third-order valence-corrected chi connectivity index (χ3v) is 6.87. The van der Waals surface area contributed by atoms with Crippen molar-refractivity contribution in [3.05, 3.63) is 21.8 Å². The topological polar surface area (TPSA) is 69.6 Å². The molecule has 22 heavy (non-hydrogen) atoms. The summed E-state index contributed by atoms with van der Waals surface area (Å²) in [4.78, 5) is 26.3. The normalized spacial score (nSPS) is 14.8. The van der Waals surface area contributed by atoms with Crippen molar-refractivity contribution in [2.75, 3.05) is 25.5 Å². The van der Waals surface area contributed by atoms with Crippen LogP contribution in [-0.2, 0) is 0 Å². The number of amides is 1. The number of halogens is 3. The fraction of sp³-hybridized carbons (Fsp3) is 0.429. The minimum absolute atomic E-state index is 0.0658. The number of hydrogen-bond acceptors (Lipinski definition) is 3. The molecule has 1 heterocycles. The van der Waals surface area contributed by atoms with Gasteiger partial charge in [0.15, 0.2) is 0 Å². The summed E-state index contributed by atoms with van der Waals surface area (Å²) < 4.78 is 1.94. The van der Waals surface area contributed by atoms with E-state index in [1.807, 2.05) is 50.1 Å². The molecule has 0 spiro atoms. The largest absolute Gasteiger partial charge is 0.478 e. The van der Waals surface area contributed by atoms with Crippen molar-refractivity contribution in [3.8, 4) is 0 Å². The SMILES string of the molecule is CNc1c(I)c(C(=O)O)c(I)c(C(=O)N2CCCCC2)c1I. The third-order valence-electron chi connectivity index (χ3n) is 3.64. The van der Waals surface area contributed by atoms with E-state index in [0.717, 1.165) is 35.9 Å². The molecule has 1 aliphatic heterocycles. The molecular formula is C14H15I3N2O3. The Balaban J connectivity index is 2.61. The fourth-order valence-corrected chi connectivity index (χ4v) is 7.14. The number of aromatic carboxylic acids is 1. The molecule has 2 N–H and O–H groups in total. The number of likely N-dealkylation sites (tertiary alicyclic amines) is 1. The zero-order valence-corrected chi connectivity index (χ0v) is 18.4. The van der Waals surface area contributed by atoms with Crippen molar-refractivity contribution in [3.63, 3.8) is 0 Å². The lowest BCUT2D eigenvalue weighted by Crippen LogP contribution is -2.37. The van der Waals surface area contributed by atoms with Gasteiger partial charge in [-0.05, 0) is 87.0 Å². The highest BCUT2D eigenvalue weighted by atomic mass is 127. The molecule has 0 aromatic heterocycles. The highest BCUT2D eigenvalue weighted by molar-refractivity contribution is 14.1. The predicted octanol–water partition coefficient (Wildman–Crippen LogP) is 3.87. The Labute approximate surface area is 170 Å². The Bertz CT molecular complexity index is 628. The van der Waals surface area contributed by atoms with E-state index < -0.39 is 5.97 Å². The Hall–Kier alpha value is 0.150. The molecule has 0 bridgehead atoms. The molecule has 0 saturated carbocycles. The monoisotopic (exact) mass is 640 g/mol. The molecule has 1 aromatic carbocycles. The number of nitrogens with zero attached hydrogens (tertiary/aromatic N) is 1. The van der Waals surface area contributed by atoms with Crippen LogP contribution in [-0.4, -0.2) is 42.0 Å². The van der Waals surface area contributed by atoms with Gasteiger partial charge in [0.05, 0.1) is 24.0 Å². The number of rotatable bonds is 3. The molecule has 0 aliphatic carbocycles. The van der Waals surface area contributed by atoms with Crippen molar-refractivity contribution < 1.29 is 14.7 Å². The van der Waals surface area contributed by atoms with Crippen LogP contribution in [0.2, 0.25) is 0 Å². The van der Waals surface area contributed by atoms with Crippen molar-refractivity contribution in [2.45, 2.75) is 19.3 Å². The summed E-state index contributed by atoms with van der Waals surface area (Å²) in [6, 6.07) is 0. The summed E-state index contributed by atoms with van der Waals surface area (Å²) in [6.45, 7) is 1.49. The standard InChI is InChI=1S/C14H15I3N2O3/c1-18-12-10(16)7(9(15)8(11(12)17)14(21)22)13(20)19-5-3-2-4-6-19/h18H,2-6H2,1H3,(H,21,22). The lowest BCUT2D eigenvalue weighted by molar-refractivity contribution is 0.0694. The van der Waals surface area contributed by atoms with Crippen LogP contribution in [0.15, 0.2) is 0 Å². The first kappa shape index (κ1) is 18.5. The number of piperidine rings is 1. The summed E-state index contributed by atoms with van der Waals surface area (Å²) in [5.74, 6) is -1.07. The Kier molecular flexibility index (Phi) is 6.57. The second-order valence-corrected chi connectivity index (χ2v) is 8.21. The number of anilines is 1. The molecule has 8 heteroatoms. The van der Waals surface area contributed by atoms with Crippen LogP contribution >= 0.6 is 67.8 Å². The second kappa shape index (κ2) is 7.81. The zero-order valence-electron chi connectivity index (χ0n) is 11.9. The zero-order chi connectivity index (χ0) is 16.4. The minimum atomic E-state index is -1.01. The Morgan fingerprint density at radius 3 is 2.05 bits per heavy atom. The van der Waals surface area contributed by atoms with E-state index in [9.17, 15) is 14.7 Å². The number of carbonyl (C=O) groups excluding carboxylic acids is 1. The smallest absolute Gasteiger partial charge is 0.337 e. The first-order valence-electron chi connectivity index (χ1n) is 6.80. The van der Waals surface area contributed by atoms with Crippen LogP contribution in [0.5, 0.6) is 0 Å². The molecule has 0 radical (unpaired) electrons. The molecule has 1 fully saturated rings. The second-order valence-electron chi connectivity index (χ2n) is 4.97. The minimum Gasteiger partial charge on any atom is -0.478 e. The summed E-state index contributed by atoms with van der Waals surface area (Å²) in [5, 5.41) is 12.5. The molecule has 0 atom stereocenters. The third kappa shape index (κ3) is 3.47. The van der Waals surface area contributed by atoms with Gasteiger partial charge in [0.25, 0.3) is 5.91 Å². The van der Waals surface area contributed by atoms with Crippen LogP contribution in [0.3, 0.4) is 0 Å². The van der Waals surface area contributed by atoms with Crippen molar-refractivity contribution in [1.29, 1.82) is 0 Å². The molecular weight excluding hydrogens is 625 g/mol. The Morgan fingerprint density at radius 1 is 1.00 bits per heavy atom. The molecule has 5 nitrogen and oxygen atoms in total. The van der Waals surface area contributed by atoms with E-state index >= 15 is 0 Å². The average molecular weight is 640 g/mol. The molecule has 1 amide bonds. The van der Waals surface area contributed by atoms with Crippen LogP contribution < -0.4 is 5.32 Å². The van der Waals surface area contributed by atoms with E-state index in [1.165, 1.54) is 0 Å². The maximum absolute atomic E-state index is 12.9. The molecule has 1 aliphatic rings. The van der Waals surface area contributed by atoms with Crippen molar-refractivity contribution in [1.82, 2.24) is 4.90 Å². The van der Waals surface area contributed by atoms with Crippen molar-refractivity contribution >= 4 is 85.3 Å². The predicted molar refractivity (Wildman–Crippen MR) is 111 cm³/mol. The summed E-state index contributed by atoms with van der Waals surface area (Å²) in [6.07, 6.45) is 3.16. The highest BCUT2D eigenvalue weighted by Gasteiger charge is 2.30.